The van der Waals surface area contributed by atoms with Crippen molar-refractivity contribution in [2.24, 2.45) is 0 Å². The van der Waals surface area contributed by atoms with Gasteiger partial charge in [-0.25, -0.2) is 4.39 Å². The third-order valence-electron chi connectivity index (χ3n) is 3.47. The maximum atomic E-state index is 13.4. The van der Waals surface area contributed by atoms with Crippen LogP contribution in [0.1, 0.15) is 25.7 Å². The molecule has 5 heteroatoms. The van der Waals surface area contributed by atoms with Gasteiger partial charge in [0.2, 0.25) is 0 Å². The highest BCUT2D eigenvalue weighted by Gasteiger charge is 2.23. The second kappa shape index (κ2) is 5.89. The average Bonchev–Trinajstić information content (AvgIpc) is 2.58. The lowest BCUT2D eigenvalue weighted by molar-refractivity contribution is 0.255. The van der Waals surface area contributed by atoms with Crippen molar-refractivity contribution in [2.75, 3.05) is 23.8 Å². The summed E-state index contributed by atoms with van der Waals surface area (Å²) in [5.41, 5.74) is 7.14. The summed E-state index contributed by atoms with van der Waals surface area (Å²) in [5, 5.41) is 9.49. The lowest BCUT2D eigenvalue weighted by Gasteiger charge is -2.32. The van der Waals surface area contributed by atoms with Crippen LogP contribution in [0.4, 0.5) is 15.8 Å². The molecule has 0 aliphatic carbocycles. The normalized spacial score (nSPS) is 20.8. The Bertz CT molecular complexity index is 428. The minimum Gasteiger partial charge on any atom is -0.397 e. The summed E-state index contributed by atoms with van der Waals surface area (Å²) >= 11 is 3.19. The van der Waals surface area contributed by atoms with Crippen molar-refractivity contribution in [3.8, 4) is 0 Å². The second-order valence-corrected chi connectivity index (χ2v) is 5.56. The fourth-order valence-electron chi connectivity index (χ4n) is 2.48. The number of anilines is 2. The molecule has 0 saturated carbocycles. The smallest absolute Gasteiger partial charge is 0.139 e. The molecule has 1 aliphatic heterocycles. The first-order valence-corrected chi connectivity index (χ1v) is 7.05. The van der Waals surface area contributed by atoms with Crippen LogP contribution in [0, 0.1) is 5.82 Å². The fraction of sp³-hybridized carbons (Fsp3) is 0.538. The Kier molecular flexibility index (Phi) is 4.45. The molecule has 1 saturated heterocycles. The lowest BCUT2D eigenvalue weighted by atomic mass is 10.1. The molecule has 100 valence electrons. The molecule has 3 N–H and O–H groups in total. The van der Waals surface area contributed by atoms with Crippen molar-refractivity contribution in [1.82, 2.24) is 0 Å². The van der Waals surface area contributed by atoms with E-state index in [9.17, 15) is 9.50 Å². The third-order valence-corrected chi connectivity index (χ3v) is 4.07. The molecule has 0 radical (unpaired) electrons. The molecule has 2 rings (SSSR count). The van der Waals surface area contributed by atoms with Crippen molar-refractivity contribution in [3.05, 3.63) is 22.4 Å². The van der Waals surface area contributed by atoms with Gasteiger partial charge in [0, 0.05) is 12.6 Å². The highest BCUT2D eigenvalue weighted by atomic mass is 79.9. The standard InChI is InChI=1S/C13H18BrFN2O/c14-10-6-13(12(16)7-11(10)15)17-5-3-1-2-4-9(17)8-18/h6-7,9,18H,1-5,8,16H2. The molecule has 0 aromatic heterocycles. The van der Waals surface area contributed by atoms with E-state index < -0.39 is 0 Å². The van der Waals surface area contributed by atoms with Crippen LogP contribution in [-0.2, 0) is 0 Å². The summed E-state index contributed by atoms with van der Waals surface area (Å²) in [6.07, 6.45) is 4.30. The summed E-state index contributed by atoms with van der Waals surface area (Å²) in [6.45, 7) is 0.960. The summed E-state index contributed by atoms with van der Waals surface area (Å²) in [7, 11) is 0. The lowest BCUT2D eigenvalue weighted by Crippen LogP contribution is -2.38. The molecule has 0 bridgehead atoms. The number of hydrogen-bond donors (Lipinski definition) is 2. The predicted octanol–water partition coefficient (Wildman–Crippen LogP) is 2.91. The number of nitrogens with two attached hydrogens (primary N) is 1. The van der Waals surface area contributed by atoms with Crippen LogP contribution in [0.2, 0.25) is 0 Å². The van der Waals surface area contributed by atoms with E-state index in [0.717, 1.165) is 37.9 Å². The molecule has 1 atom stereocenters. The Hall–Kier alpha value is -0.810. The van der Waals surface area contributed by atoms with Crippen LogP contribution in [0.15, 0.2) is 16.6 Å². The molecule has 0 spiro atoms. The summed E-state index contributed by atoms with van der Waals surface area (Å²) < 4.78 is 13.8. The van der Waals surface area contributed by atoms with Gasteiger partial charge in [-0.15, -0.1) is 0 Å². The van der Waals surface area contributed by atoms with Gasteiger partial charge in [0.05, 0.1) is 28.5 Å². The highest BCUT2D eigenvalue weighted by molar-refractivity contribution is 9.10. The number of aliphatic hydroxyl groups is 1. The van der Waals surface area contributed by atoms with Crippen molar-refractivity contribution in [1.29, 1.82) is 0 Å². The van der Waals surface area contributed by atoms with E-state index in [1.165, 1.54) is 6.07 Å². The number of aliphatic hydroxyl groups excluding tert-OH is 1. The SMILES string of the molecule is Nc1cc(F)c(Br)cc1N1CCCCCC1CO. The van der Waals surface area contributed by atoms with E-state index >= 15 is 0 Å². The van der Waals surface area contributed by atoms with Crippen LogP contribution >= 0.6 is 15.9 Å². The van der Waals surface area contributed by atoms with Crippen LogP contribution in [0.5, 0.6) is 0 Å². The zero-order valence-electron chi connectivity index (χ0n) is 10.2. The number of rotatable bonds is 2. The van der Waals surface area contributed by atoms with E-state index in [-0.39, 0.29) is 18.5 Å². The maximum absolute atomic E-state index is 13.4. The molecule has 18 heavy (non-hydrogen) atoms. The Labute approximate surface area is 115 Å². The Morgan fingerprint density at radius 1 is 1.39 bits per heavy atom. The monoisotopic (exact) mass is 316 g/mol. The molecule has 1 aromatic carbocycles. The van der Waals surface area contributed by atoms with E-state index in [4.69, 9.17) is 5.73 Å². The minimum absolute atomic E-state index is 0.0761. The first-order chi connectivity index (χ1) is 8.63. The molecule has 3 nitrogen and oxygen atoms in total. The number of nitrogens with zero attached hydrogens (tertiary/aromatic N) is 1. The summed E-state index contributed by atoms with van der Waals surface area (Å²) in [4.78, 5) is 2.10. The van der Waals surface area contributed by atoms with Crippen molar-refractivity contribution in [3.63, 3.8) is 0 Å². The zero-order chi connectivity index (χ0) is 13.1. The van der Waals surface area contributed by atoms with Crippen LogP contribution < -0.4 is 10.6 Å². The van der Waals surface area contributed by atoms with Gasteiger partial charge in [0.25, 0.3) is 0 Å². The maximum Gasteiger partial charge on any atom is 0.139 e. The van der Waals surface area contributed by atoms with Gasteiger partial charge in [-0.2, -0.15) is 0 Å². The number of benzene rings is 1. The van der Waals surface area contributed by atoms with Gasteiger partial charge in [-0.1, -0.05) is 12.8 Å². The Morgan fingerprint density at radius 3 is 2.89 bits per heavy atom. The average molecular weight is 317 g/mol. The molecule has 1 aliphatic rings. The zero-order valence-corrected chi connectivity index (χ0v) is 11.8. The molecular weight excluding hydrogens is 299 g/mol. The summed E-state index contributed by atoms with van der Waals surface area (Å²) in [5.74, 6) is -0.355. The van der Waals surface area contributed by atoms with E-state index in [2.05, 4.69) is 20.8 Å². The Morgan fingerprint density at radius 2 is 2.17 bits per heavy atom. The van der Waals surface area contributed by atoms with Crippen molar-refractivity contribution < 1.29 is 9.50 Å². The third kappa shape index (κ3) is 2.78. The molecule has 1 fully saturated rings. The van der Waals surface area contributed by atoms with Crippen molar-refractivity contribution in [2.45, 2.75) is 31.7 Å². The van der Waals surface area contributed by atoms with Gasteiger partial charge < -0.3 is 15.7 Å². The molecule has 1 unspecified atom stereocenters. The minimum atomic E-state index is -0.355. The van der Waals surface area contributed by atoms with Gasteiger partial charge in [0.1, 0.15) is 5.82 Å². The van der Waals surface area contributed by atoms with E-state index in [1.807, 2.05) is 0 Å². The van der Waals surface area contributed by atoms with Gasteiger partial charge in [-0.3, -0.25) is 0 Å². The van der Waals surface area contributed by atoms with Gasteiger partial charge >= 0.3 is 0 Å². The van der Waals surface area contributed by atoms with Crippen molar-refractivity contribution >= 4 is 27.3 Å². The Balaban J connectivity index is 2.35. The molecule has 0 amide bonds. The van der Waals surface area contributed by atoms with Crippen LogP contribution in [-0.4, -0.2) is 24.3 Å². The predicted molar refractivity (Wildman–Crippen MR) is 75.2 cm³/mol. The quantitative estimate of drug-likeness (QED) is 0.825. The second-order valence-electron chi connectivity index (χ2n) is 4.70. The molecule has 1 aromatic rings. The van der Waals surface area contributed by atoms with E-state index in [1.54, 1.807) is 6.07 Å². The summed E-state index contributed by atoms with van der Waals surface area (Å²) in [6, 6.07) is 3.12. The van der Waals surface area contributed by atoms with Crippen LogP contribution in [0.3, 0.4) is 0 Å². The van der Waals surface area contributed by atoms with Gasteiger partial charge in [0.15, 0.2) is 0 Å². The largest absolute Gasteiger partial charge is 0.397 e. The number of nitrogen functional groups attached to an aromatic ring is 1. The number of hydrogen-bond acceptors (Lipinski definition) is 3. The topological polar surface area (TPSA) is 49.5 Å². The van der Waals surface area contributed by atoms with Crippen LogP contribution in [0.25, 0.3) is 0 Å². The fourth-order valence-corrected chi connectivity index (χ4v) is 2.82. The molecular formula is C13H18BrFN2O. The molecule has 1 heterocycles. The number of halogens is 2. The first-order valence-electron chi connectivity index (χ1n) is 6.25. The van der Waals surface area contributed by atoms with E-state index in [0.29, 0.717) is 10.2 Å². The first kappa shape index (κ1) is 13.6. The van der Waals surface area contributed by atoms with Gasteiger partial charge in [-0.05, 0) is 34.8 Å². The highest BCUT2D eigenvalue weighted by Crippen LogP contribution is 2.33.